The van der Waals surface area contributed by atoms with Crippen molar-refractivity contribution in [3.63, 3.8) is 0 Å². The maximum absolute atomic E-state index is 2.47. The van der Waals surface area contributed by atoms with E-state index in [1.807, 2.05) is 0 Å². The normalized spacial score (nSPS) is 12.1. The molecule has 0 nitrogen and oxygen atoms in total. The Balaban J connectivity index is 2.86. The molecule has 0 aliphatic carbocycles. The van der Waals surface area contributed by atoms with Crippen LogP contribution in [0.5, 0.6) is 0 Å². The average molecular weight is 193 g/mol. The minimum atomic E-state index is -0.900. The molecule has 0 atom stereocenters. The molecule has 0 saturated carbocycles. The predicted molar refractivity (Wildman–Crippen MR) is 61.0 cm³/mol. The Labute approximate surface area is 78.0 Å². The number of hydrogen-bond acceptors (Lipinski definition) is 0. The molecule has 0 unspecified atom stereocenters. The Bertz CT molecular complexity index is 236. The summed E-state index contributed by atoms with van der Waals surface area (Å²) in [4.78, 5) is 0. The van der Waals surface area contributed by atoms with Gasteiger partial charge in [0.1, 0.15) is 0 Å². The fourth-order valence-corrected chi connectivity index (χ4v) is 5.78. The van der Waals surface area contributed by atoms with E-state index in [0.717, 1.165) is 0 Å². The molecule has 0 aliphatic rings. The fraction of sp³-hybridized carbons (Fsp3) is 0.400. The third kappa shape index (κ3) is 2.32. The summed E-state index contributed by atoms with van der Waals surface area (Å²) in [7, 11) is -1.14. The van der Waals surface area contributed by atoms with Crippen molar-refractivity contribution < 1.29 is 0 Å². The van der Waals surface area contributed by atoms with Gasteiger partial charge < -0.3 is 0 Å². The molecule has 1 radical (unpaired) electrons. The van der Waals surface area contributed by atoms with Gasteiger partial charge in [0.2, 0.25) is 0 Å². The van der Waals surface area contributed by atoms with Crippen molar-refractivity contribution in [1.29, 1.82) is 0 Å². The van der Waals surface area contributed by atoms with Gasteiger partial charge in [-0.15, -0.1) is 0 Å². The molecule has 1 rings (SSSR count). The lowest BCUT2D eigenvalue weighted by atomic mass is 10.4. The SMILES string of the molecule is C[Si](c1ccccc1)[Si](C)(C)C. The van der Waals surface area contributed by atoms with E-state index in [1.54, 1.807) is 5.19 Å². The van der Waals surface area contributed by atoms with Crippen molar-refractivity contribution in [2.45, 2.75) is 26.2 Å². The van der Waals surface area contributed by atoms with E-state index in [-0.39, 0.29) is 8.31 Å². The molecule has 0 amide bonds. The molecule has 0 aromatic heterocycles. The molecule has 1 aromatic carbocycles. The van der Waals surface area contributed by atoms with E-state index >= 15 is 0 Å². The highest BCUT2D eigenvalue weighted by Gasteiger charge is 2.24. The molecule has 0 N–H and O–H groups in total. The summed E-state index contributed by atoms with van der Waals surface area (Å²) in [5, 5.41) is 1.60. The van der Waals surface area contributed by atoms with Crippen molar-refractivity contribution in [2.75, 3.05) is 0 Å². The summed E-state index contributed by atoms with van der Waals surface area (Å²) in [5.74, 6) is 0. The topological polar surface area (TPSA) is 0 Å². The molecule has 0 saturated heterocycles. The second-order valence-corrected chi connectivity index (χ2v) is 17.3. The van der Waals surface area contributed by atoms with Crippen LogP contribution in [0, 0.1) is 0 Å². The Kier molecular flexibility index (Phi) is 2.91. The highest BCUT2D eigenvalue weighted by atomic mass is 29.2. The van der Waals surface area contributed by atoms with Crippen LogP contribution < -0.4 is 5.19 Å². The van der Waals surface area contributed by atoms with Crippen LogP contribution in [-0.4, -0.2) is 15.9 Å². The molecular weight excluding hydrogens is 176 g/mol. The summed E-state index contributed by atoms with van der Waals surface area (Å²) in [6.45, 7) is 9.85. The molecule has 0 aliphatic heterocycles. The smallest absolute Gasteiger partial charge is 0.0714 e. The van der Waals surface area contributed by atoms with Crippen LogP contribution in [-0.2, 0) is 0 Å². The lowest BCUT2D eigenvalue weighted by molar-refractivity contribution is 1.74. The van der Waals surface area contributed by atoms with E-state index in [1.165, 1.54) is 0 Å². The van der Waals surface area contributed by atoms with Crippen LogP contribution >= 0.6 is 0 Å². The van der Waals surface area contributed by atoms with Crippen molar-refractivity contribution in [2.24, 2.45) is 0 Å². The third-order valence-corrected chi connectivity index (χ3v) is 13.4. The molecule has 0 bridgehead atoms. The standard InChI is InChI=1S/C10H17Si2/c1-11(12(2,3)4)10-8-6-5-7-9-10/h5-9H,1-4H3. The van der Waals surface area contributed by atoms with Crippen molar-refractivity contribution >= 4 is 21.1 Å². The van der Waals surface area contributed by atoms with Crippen LogP contribution in [0.2, 0.25) is 26.2 Å². The van der Waals surface area contributed by atoms with E-state index in [4.69, 9.17) is 0 Å². The van der Waals surface area contributed by atoms with E-state index < -0.39 is 7.59 Å². The fourth-order valence-electron chi connectivity index (χ4n) is 1.12. The summed E-state index contributed by atoms with van der Waals surface area (Å²) < 4.78 is 0. The lowest BCUT2D eigenvalue weighted by Crippen LogP contribution is -2.48. The van der Waals surface area contributed by atoms with E-state index in [0.29, 0.717) is 0 Å². The summed E-state index contributed by atoms with van der Waals surface area (Å²) >= 11 is 0. The van der Waals surface area contributed by atoms with Gasteiger partial charge >= 0.3 is 0 Å². The number of hydrogen-bond donors (Lipinski definition) is 0. The second-order valence-electron chi connectivity index (χ2n) is 4.24. The van der Waals surface area contributed by atoms with Crippen molar-refractivity contribution in [3.05, 3.63) is 30.3 Å². The Morgan fingerprint density at radius 2 is 1.50 bits per heavy atom. The highest BCUT2D eigenvalue weighted by molar-refractivity contribution is 7.35. The van der Waals surface area contributed by atoms with Gasteiger partial charge in [0.15, 0.2) is 0 Å². The first-order valence-corrected chi connectivity index (χ1v) is 10.9. The van der Waals surface area contributed by atoms with Gasteiger partial charge in [-0.1, -0.05) is 61.7 Å². The lowest BCUT2D eigenvalue weighted by Gasteiger charge is -2.23. The molecule has 12 heavy (non-hydrogen) atoms. The minimum Gasteiger partial charge on any atom is -0.0714 e. The molecular formula is C10H17Si2. The molecule has 1 aromatic rings. The molecule has 0 fully saturated rings. The summed E-state index contributed by atoms with van der Waals surface area (Å²) in [5.41, 5.74) is 0. The molecule has 0 spiro atoms. The van der Waals surface area contributed by atoms with Crippen LogP contribution in [0.4, 0.5) is 0 Å². The average Bonchev–Trinajstić information content (AvgIpc) is 2.03. The van der Waals surface area contributed by atoms with Crippen LogP contribution in [0.25, 0.3) is 0 Å². The maximum Gasteiger partial charge on any atom is 0.0738 e. The van der Waals surface area contributed by atoms with Gasteiger partial charge in [0, 0.05) is 7.59 Å². The molecule has 2 heteroatoms. The first kappa shape index (κ1) is 9.74. The number of rotatable bonds is 2. The van der Waals surface area contributed by atoms with Crippen molar-refractivity contribution in [1.82, 2.24) is 0 Å². The van der Waals surface area contributed by atoms with E-state index in [2.05, 4.69) is 56.5 Å². The van der Waals surface area contributed by atoms with Gasteiger partial charge in [-0.25, -0.2) is 0 Å². The molecule has 65 valence electrons. The van der Waals surface area contributed by atoms with Gasteiger partial charge in [-0.2, -0.15) is 0 Å². The third-order valence-electron chi connectivity index (χ3n) is 2.33. The van der Waals surface area contributed by atoms with Gasteiger partial charge in [-0.05, 0) is 0 Å². The Hall–Kier alpha value is -0.346. The summed E-state index contributed by atoms with van der Waals surface area (Å²) in [6.07, 6.45) is 0. The maximum atomic E-state index is 2.47. The van der Waals surface area contributed by atoms with E-state index in [9.17, 15) is 0 Å². The second kappa shape index (κ2) is 3.58. The minimum absolute atomic E-state index is 0.244. The monoisotopic (exact) mass is 193 g/mol. The van der Waals surface area contributed by atoms with Crippen LogP contribution in [0.15, 0.2) is 30.3 Å². The van der Waals surface area contributed by atoms with Crippen LogP contribution in [0.3, 0.4) is 0 Å². The van der Waals surface area contributed by atoms with Gasteiger partial charge in [-0.3, -0.25) is 0 Å². The van der Waals surface area contributed by atoms with Gasteiger partial charge in [0.05, 0.1) is 8.31 Å². The quantitative estimate of drug-likeness (QED) is 0.633. The Morgan fingerprint density at radius 1 is 1.00 bits per heavy atom. The summed E-state index contributed by atoms with van der Waals surface area (Å²) in [6, 6.07) is 11.0. The van der Waals surface area contributed by atoms with Gasteiger partial charge in [0.25, 0.3) is 0 Å². The number of benzene rings is 1. The van der Waals surface area contributed by atoms with Crippen molar-refractivity contribution in [3.8, 4) is 0 Å². The highest BCUT2D eigenvalue weighted by Crippen LogP contribution is 2.06. The van der Waals surface area contributed by atoms with Crippen LogP contribution in [0.1, 0.15) is 0 Å². The molecule has 0 heterocycles. The Morgan fingerprint density at radius 3 is 1.92 bits per heavy atom. The zero-order chi connectivity index (χ0) is 9.19. The first-order valence-electron chi connectivity index (χ1n) is 4.41. The zero-order valence-corrected chi connectivity index (χ0v) is 10.4. The zero-order valence-electron chi connectivity index (χ0n) is 8.39. The predicted octanol–water partition coefficient (Wildman–Crippen LogP) is 2.43. The first-order chi connectivity index (χ1) is 5.52. The largest absolute Gasteiger partial charge is 0.0738 e.